The number of hydrogen-bond donors (Lipinski definition) is 1. The molecule has 0 aliphatic heterocycles. The van der Waals surface area contributed by atoms with Crippen LogP contribution < -0.4 is 20.6 Å². The van der Waals surface area contributed by atoms with Gasteiger partial charge in [0.25, 0.3) is 5.91 Å². The molecule has 3 aromatic carbocycles. The molecule has 1 atom stereocenters. The number of nitrogens with two attached hydrogens (primary N) is 1. The summed E-state index contributed by atoms with van der Waals surface area (Å²) in [6, 6.07) is 17.6. The van der Waals surface area contributed by atoms with E-state index in [1.807, 2.05) is 38.1 Å². The highest BCUT2D eigenvalue weighted by Gasteiger charge is 2.34. The third-order valence-corrected chi connectivity index (χ3v) is 6.93. The van der Waals surface area contributed by atoms with E-state index in [2.05, 4.69) is 0 Å². The molecular weight excluding hydrogens is 511 g/mol. The van der Waals surface area contributed by atoms with Crippen LogP contribution in [0.15, 0.2) is 75.9 Å². The number of halogens is 1. The van der Waals surface area contributed by atoms with Crippen molar-refractivity contribution in [3.8, 4) is 11.5 Å². The standard InChI is InChI=1S/C32H35FN2O5/c1-20(2)29(35(16-6-15-34)32(37)22-9-12-24(38-3)13-10-22)31-27(18-21-7-5-8-25(17-21)39-4)30(36)26-14-11-23(33)19-28(26)40-31/h5,7-14,17,19-20,29H,6,15-16,18,34H2,1-4H3. The first-order valence-corrected chi connectivity index (χ1v) is 13.3. The van der Waals surface area contributed by atoms with E-state index in [0.29, 0.717) is 47.9 Å². The van der Waals surface area contributed by atoms with Gasteiger partial charge in [-0.05, 0) is 73.0 Å². The van der Waals surface area contributed by atoms with Crippen LogP contribution in [0.25, 0.3) is 11.0 Å². The Balaban J connectivity index is 1.92. The lowest BCUT2D eigenvalue weighted by Crippen LogP contribution is -2.40. The Morgan fingerprint density at radius 3 is 2.38 bits per heavy atom. The average molecular weight is 547 g/mol. The zero-order chi connectivity index (χ0) is 28.8. The van der Waals surface area contributed by atoms with E-state index < -0.39 is 11.9 Å². The van der Waals surface area contributed by atoms with Crippen LogP contribution in [0.5, 0.6) is 11.5 Å². The van der Waals surface area contributed by atoms with E-state index in [1.165, 1.54) is 18.2 Å². The van der Waals surface area contributed by atoms with E-state index in [4.69, 9.17) is 19.6 Å². The maximum absolute atomic E-state index is 14.3. The van der Waals surface area contributed by atoms with Gasteiger partial charge in [0.1, 0.15) is 28.7 Å². The van der Waals surface area contributed by atoms with Gasteiger partial charge in [0.2, 0.25) is 0 Å². The first-order valence-electron chi connectivity index (χ1n) is 13.3. The fourth-order valence-electron chi connectivity index (χ4n) is 4.95. The molecule has 210 valence electrons. The quantitative estimate of drug-likeness (QED) is 0.258. The smallest absolute Gasteiger partial charge is 0.254 e. The highest BCUT2D eigenvalue weighted by atomic mass is 19.1. The van der Waals surface area contributed by atoms with Gasteiger partial charge in [-0.15, -0.1) is 0 Å². The second-order valence-corrected chi connectivity index (χ2v) is 10.0. The summed E-state index contributed by atoms with van der Waals surface area (Å²) in [6.45, 7) is 4.65. The molecule has 4 aromatic rings. The SMILES string of the molecule is COc1ccc(C(=O)N(CCCN)C(c2oc3cc(F)ccc3c(=O)c2Cc2cccc(OC)c2)C(C)C)cc1. The van der Waals surface area contributed by atoms with Gasteiger partial charge >= 0.3 is 0 Å². The molecule has 0 saturated carbocycles. The Labute approximate surface area is 233 Å². The van der Waals surface area contributed by atoms with Gasteiger partial charge < -0.3 is 24.5 Å². The van der Waals surface area contributed by atoms with Crippen LogP contribution in [0.3, 0.4) is 0 Å². The molecule has 2 N–H and O–H groups in total. The predicted octanol–water partition coefficient (Wildman–Crippen LogP) is 5.73. The molecule has 4 rings (SSSR count). The van der Waals surface area contributed by atoms with Gasteiger partial charge in [-0.25, -0.2) is 4.39 Å². The van der Waals surface area contributed by atoms with Crippen LogP contribution in [-0.4, -0.2) is 38.1 Å². The molecule has 1 amide bonds. The van der Waals surface area contributed by atoms with Gasteiger partial charge in [0, 0.05) is 30.2 Å². The third-order valence-electron chi connectivity index (χ3n) is 6.93. The lowest BCUT2D eigenvalue weighted by atomic mass is 9.91. The number of amides is 1. The summed E-state index contributed by atoms with van der Waals surface area (Å²) in [6.07, 6.45) is 0.787. The monoisotopic (exact) mass is 546 g/mol. The van der Waals surface area contributed by atoms with Crippen LogP contribution in [0.2, 0.25) is 0 Å². The van der Waals surface area contributed by atoms with E-state index in [0.717, 1.165) is 5.56 Å². The van der Waals surface area contributed by atoms with Crippen molar-refractivity contribution in [1.82, 2.24) is 4.90 Å². The number of hydrogen-bond acceptors (Lipinski definition) is 6. The first kappa shape index (κ1) is 28.8. The Kier molecular flexibility index (Phi) is 9.22. The van der Waals surface area contributed by atoms with Gasteiger partial charge in [-0.3, -0.25) is 9.59 Å². The molecule has 1 heterocycles. The second-order valence-electron chi connectivity index (χ2n) is 10.0. The van der Waals surface area contributed by atoms with Crippen molar-refractivity contribution in [1.29, 1.82) is 0 Å². The lowest BCUT2D eigenvalue weighted by Gasteiger charge is -2.35. The molecule has 0 fully saturated rings. The summed E-state index contributed by atoms with van der Waals surface area (Å²) in [5.74, 6) is 0.721. The Bertz CT molecular complexity index is 1530. The van der Waals surface area contributed by atoms with Crippen LogP contribution in [-0.2, 0) is 6.42 Å². The Hall–Kier alpha value is -4.17. The van der Waals surface area contributed by atoms with Crippen LogP contribution in [0.4, 0.5) is 4.39 Å². The zero-order valence-corrected chi connectivity index (χ0v) is 23.3. The molecule has 1 aromatic heterocycles. The predicted molar refractivity (Wildman–Crippen MR) is 154 cm³/mol. The van der Waals surface area contributed by atoms with Gasteiger partial charge in [-0.1, -0.05) is 26.0 Å². The topological polar surface area (TPSA) is 95.0 Å². The van der Waals surface area contributed by atoms with Crippen LogP contribution in [0.1, 0.15) is 53.6 Å². The van der Waals surface area contributed by atoms with E-state index in [-0.39, 0.29) is 34.6 Å². The Morgan fingerprint density at radius 1 is 1.00 bits per heavy atom. The second kappa shape index (κ2) is 12.8. The molecule has 0 aliphatic rings. The number of fused-ring (bicyclic) bond motifs is 1. The van der Waals surface area contributed by atoms with Crippen molar-refractivity contribution in [2.45, 2.75) is 32.7 Å². The van der Waals surface area contributed by atoms with Crippen molar-refractivity contribution < 1.29 is 23.1 Å². The van der Waals surface area contributed by atoms with Crippen molar-refractivity contribution in [2.24, 2.45) is 11.7 Å². The summed E-state index contributed by atoms with van der Waals surface area (Å²) in [5.41, 5.74) is 7.45. The maximum atomic E-state index is 14.3. The van der Waals surface area contributed by atoms with Crippen molar-refractivity contribution in [3.05, 3.63) is 105 Å². The van der Waals surface area contributed by atoms with Crippen molar-refractivity contribution in [2.75, 3.05) is 27.3 Å². The Morgan fingerprint density at radius 2 is 1.73 bits per heavy atom. The molecule has 0 bridgehead atoms. The van der Waals surface area contributed by atoms with Gasteiger partial charge in [-0.2, -0.15) is 0 Å². The lowest BCUT2D eigenvalue weighted by molar-refractivity contribution is 0.0587. The number of benzene rings is 3. The summed E-state index contributed by atoms with van der Waals surface area (Å²) in [4.78, 5) is 29.6. The maximum Gasteiger partial charge on any atom is 0.254 e. The zero-order valence-electron chi connectivity index (χ0n) is 23.3. The number of carbonyl (C=O) groups is 1. The van der Waals surface area contributed by atoms with Gasteiger partial charge in [0.15, 0.2) is 5.43 Å². The summed E-state index contributed by atoms with van der Waals surface area (Å²) < 4.78 is 31.3. The van der Waals surface area contributed by atoms with Crippen LogP contribution in [0, 0.1) is 11.7 Å². The average Bonchev–Trinajstić information content (AvgIpc) is 2.96. The summed E-state index contributed by atoms with van der Waals surface area (Å²) >= 11 is 0. The minimum absolute atomic E-state index is 0.135. The molecule has 7 nitrogen and oxygen atoms in total. The minimum atomic E-state index is -0.623. The molecule has 0 radical (unpaired) electrons. The number of methoxy groups -OCH3 is 2. The molecule has 0 spiro atoms. The van der Waals surface area contributed by atoms with E-state index >= 15 is 0 Å². The minimum Gasteiger partial charge on any atom is -0.497 e. The van der Waals surface area contributed by atoms with Gasteiger partial charge in [0.05, 0.1) is 25.6 Å². The normalized spacial score (nSPS) is 12.0. The fraction of sp³-hybridized carbons (Fsp3) is 0.312. The number of ether oxygens (including phenoxy) is 2. The van der Waals surface area contributed by atoms with Crippen molar-refractivity contribution in [3.63, 3.8) is 0 Å². The summed E-state index contributed by atoms with van der Waals surface area (Å²) in [7, 11) is 3.14. The van der Waals surface area contributed by atoms with Crippen molar-refractivity contribution >= 4 is 16.9 Å². The number of rotatable bonds is 11. The first-order chi connectivity index (χ1) is 19.3. The largest absolute Gasteiger partial charge is 0.497 e. The fourth-order valence-corrected chi connectivity index (χ4v) is 4.95. The molecule has 0 saturated heterocycles. The number of carbonyl (C=O) groups excluding carboxylic acids is 1. The molecule has 40 heavy (non-hydrogen) atoms. The molecule has 8 heteroatoms. The molecular formula is C32H35FN2O5. The summed E-state index contributed by atoms with van der Waals surface area (Å²) in [5, 5.41) is 0.278. The highest BCUT2D eigenvalue weighted by molar-refractivity contribution is 5.94. The van der Waals surface area contributed by atoms with E-state index in [9.17, 15) is 14.0 Å². The highest BCUT2D eigenvalue weighted by Crippen LogP contribution is 2.35. The molecule has 1 unspecified atom stereocenters. The molecule has 0 aliphatic carbocycles. The van der Waals surface area contributed by atoms with E-state index in [1.54, 1.807) is 43.4 Å². The third kappa shape index (κ3) is 6.18. The number of nitrogens with zero attached hydrogens (tertiary/aromatic N) is 1. The van der Waals surface area contributed by atoms with Crippen LogP contribution >= 0.6 is 0 Å².